The molecule has 2 aromatic rings. The molecule has 104 valence electrons. The van der Waals surface area contributed by atoms with E-state index in [9.17, 15) is 4.79 Å². The van der Waals surface area contributed by atoms with E-state index in [1.165, 1.54) is 0 Å². The van der Waals surface area contributed by atoms with E-state index in [1.807, 2.05) is 61.5 Å². The molecule has 0 heterocycles. The summed E-state index contributed by atoms with van der Waals surface area (Å²) in [5.74, 6) is -0.174. The van der Waals surface area contributed by atoms with Crippen molar-refractivity contribution in [3.8, 4) is 0 Å². The van der Waals surface area contributed by atoms with Gasteiger partial charge in [0.15, 0.2) is 0 Å². The molecule has 20 heavy (non-hydrogen) atoms. The van der Waals surface area contributed by atoms with Gasteiger partial charge in [-0.05, 0) is 30.2 Å². The molecule has 2 aromatic carbocycles. The van der Waals surface area contributed by atoms with Crippen LogP contribution in [0, 0.1) is 0 Å². The number of hydrogen-bond acceptors (Lipinski definition) is 2. The summed E-state index contributed by atoms with van der Waals surface area (Å²) < 4.78 is 1.01. The Hall–Kier alpha value is -1.65. The Bertz CT molecular complexity index is 569. The summed E-state index contributed by atoms with van der Waals surface area (Å²) in [4.78, 5) is 12.1. The lowest BCUT2D eigenvalue weighted by molar-refractivity contribution is -0.123. The molecule has 0 saturated carbocycles. The second-order valence-electron chi connectivity index (χ2n) is 4.67. The number of nitrogens with one attached hydrogen (secondary N) is 1. The molecular weight excluding hydrogens is 316 g/mol. The molecule has 0 aliphatic rings. The summed E-state index contributed by atoms with van der Waals surface area (Å²) >= 11 is 3.39. The fraction of sp³-hybridized carbons (Fsp3) is 0.188. The number of carbonyl (C=O) groups excluding carboxylic acids is 1. The van der Waals surface area contributed by atoms with Gasteiger partial charge >= 0.3 is 0 Å². The number of nitrogens with two attached hydrogens (primary N) is 1. The van der Waals surface area contributed by atoms with E-state index < -0.39 is 6.04 Å². The number of amides is 1. The van der Waals surface area contributed by atoms with Gasteiger partial charge in [-0.1, -0.05) is 58.4 Å². The second kappa shape index (κ2) is 6.68. The Morgan fingerprint density at radius 2 is 1.65 bits per heavy atom. The highest BCUT2D eigenvalue weighted by molar-refractivity contribution is 9.10. The van der Waals surface area contributed by atoms with Crippen LogP contribution in [-0.2, 0) is 4.79 Å². The van der Waals surface area contributed by atoms with E-state index in [-0.39, 0.29) is 11.9 Å². The van der Waals surface area contributed by atoms with Gasteiger partial charge in [-0.25, -0.2) is 0 Å². The van der Waals surface area contributed by atoms with Gasteiger partial charge in [-0.3, -0.25) is 4.79 Å². The summed E-state index contributed by atoms with van der Waals surface area (Å²) in [7, 11) is 0. The average Bonchev–Trinajstić information content (AvgIpc) is 2.48. The molecule has 0 radical (unpaired) electrons. The van der Waals surface area contributed by atoms with Crippen molar-refractivity contribution in [2.75, 3.05) is 0 Å². The van der Waals surface area contributed by atoms with Crippen molar-refractivity contribution < 1.29 is 4.79 Å². The molecule has 0 saturated heterocycles. The van der Waals surface area contributed by atoms with Crippen LogP contribution in [0.5, 0.6) is 0 Å². The van der Waals surface area contributed by atoms with Gasteiger partial charge in [0, 0.05) is 4.47 Å². The zero-order chi connectivity index (χ0) is 14.5. The van der Waals surface area contributed by atoms with Crippen molar-refractivity contribution in [1.29, 1.82) is 0 Å². The maximum Gasteiger partial charge on any atom is 0.241 e. The van der Waals surface area contributed by atoms with Crippen molar-refractivity contribution >= 4 is 21.8 Å². The highest BCUT2D eigenvalue weighted by Crippen LogP contribution is 2.18. The van der Waals surface area contributed by atoms with Gasteiger partial charge in [-0.2, -0.15) is 0 Å². The van der Waals surface area contributed by atoms with Gasteiger partial charge in [0.1, 0.15) is 6.04 Å². The van der Waals surface area contributed by atoms with Gasteiger partial charge in [0.2, 0.25) is 5.91 Å². The molecule has 2 rings (SSSR count). The summed E-state index contributed by atoms with van der Waals surface area (Å²) in [6.45, 7) is 1.94. The van der Waals surface area contributed by atoms with Crippen LogP contribution in [0.3, 0.4) is 0 Å². The Morgan fingerprint density at radius 3 is 2.25 bits per heavy atom. The van der Waals surface area contributed by atoms with E-state index in [0.29, 0.717) is 0 Å². The number of benzene rings is 2. The Labute approximate surface area is 127 Å². The fourth-order valence-electron chi connectivity index (χ4n) is 1.95. The van der Waals surface area contributed by atoms with Crippen LogP contribution < -0.4 is 11.1 Å². The van der Waals surface area contributed by atoms with Crippen molar-refractivity contribution in [2.45, 2.75) is 19.0 Å². The molecule has 3 nitrogen and oxygen atoms in total. The molecule has 1 unspecified atom stereocenters. The molecule has 3 N–H and O–H groups in total. The van der Waals surface area contributed by atoms with Gasteiger partial charge in [0.25, 0.3) is 0 Å². The molecule has 0 bridgehead atoms. The normalized spacial score (nSPS) is 13.6. The van der Waals surface area contributed by atoms with Crippen molar-refractivity contribution in [3.05, 3.63) is 70.2 Å². The highest BCUT2D eigenvalue weighted by Gasteiger charge is 2.17. The Kier molecular flexibility index (Phi) is 4.93. The van der Waals surface area contributed by atoms with E-state index in [0.717, 1.165) is 15.6 Å². The molecule has 0 aliphatic heterocycles. The van der Waals surface area contributed by atoms with Crippen LogP contribution >= 0.6 is 15.9 Å². The van der Waals surface area contributed by atoms with E-state index >= 15 is 0 Å². The lowest BCUT2D eigenvalue weighted by Crippen LogP contribution is -2.35. The summed E-state index contributed by atoms with van der Waals surface area (Å²) in [6.07, 6.45) is 0. The first kappa shape index (κ1) is 14.8. The Balaban J connectivity index is 2.02. The average molecular weight is 333 g/mol. The van der Waals surface area contributed by atoms with E-state index in [2.05, 4.69) is 21.2 Å². The first-order valence-electron chi connectivity index (χ1n) is 6.44. The highest BCUT2D eigenvalue weighted by atomic mass is 79.9. The first-order chi connectivity index (χ1) is 9.58. The van der Waals surface area contributed by atoms with Crippen molar-refractivity contribution in [3.63, 3.8) is 0 Å². The molecule has 2 atom stereocenters. The minimum Gasteiger partial charge on any atom is -0.348 e. The standard InChI is InChI=1S/C16H17BrN2O/c1-11(12-7-9-14(17)10-8-12)19-16(20)15(18)13-5-3-2-4-6-13/h2-11,15H,18H2,1H3,(H,19,20)/t11-,15?/m0/s1. The molecule has 1 amide bonds. The van der Waals surface area contributed by atoms with Crippen LogP contribution in [0.25, 0.3) is 0 Å². The maximum atomic E-state index is 12.1. The minimum atomic E-state index is -0.644. The summed E-state index contributed by atoms with van der Waals surface area (Å²) in [5, 5.41) is 2.93. The van der Waals surface area contributed by atoms with Crippen LogP contribution in [0.15, 0.2) is 59.1 Å². The number of halogens is 1. The maximum absolute atomic E-state index is 12.1. The molecular formula is C16H17BrN2O. The van der Waals surface area contributed by atoms with Crippen LogP contribution in [0.2, 0.25) is 0 Å². The van der Waals surface area contributed by atoms with Crippen molar-refractivity contribution in [1.82, 2.24) is 5.32 Å². The molecule has 0 aliphatic carbocycles. The summed E-state index contributed by atoms with van der Waals surface area (Å²) in [6, 6.07) is 16.5. The van der Waals surface area contributed by atoms with Crippen LogP contribution in [-0.4, -0.2) is 5.91 Å². The number of rotatable bonds is 4. The minimum absolute atomic E-state index is 0.0784. The largest absolute Gasteiger partial charge is 0.348 e. The predicted molar refractivity (Wildman–Crippen MR) is 84.1 cm³/mol. The Morgan fingerprint density at radius 1 is 1.05 bits per heavy atom. The summed E-state index contributed by atoms with van der Waals surface area (Å²) in [5.41, 5.74) is 7.83. The zero-order valence-electron chi connectivity index (χ0n) is 11.2. The second-order valence-corrected chi connectivity index (χ2v) is 5.59. The molecule has 0 fully saturated rings. The predicted octanol–water partition coefficient (Wildman–Crippen LogP) is 3.33. The smallest absolute Gasteiger partial charge is 0.241 e. The number of hydrogen-bond donors (Lipinski definition) is 2. The third-order valence-electron chi connectivity index (χ3n) is 3.17. The van der Waals surface area contributed by atoms with Crippen LogP contribution in [0.4, 0.5) is 0 Å². The first-order valence-corrected chi connectivity index (χ1v) is 7.23. The van der Waals surface area contributed by atoms with Crippen molar-refractivity contribution in [2.24, 2.45) is 5.73 Å². The van der Waals surface area contributed by atoms with Gasteiger partial charge < -0.3 is 11.1 Å². The fourth-order valence-corrected chi connectivity index (χ4v) is 2.21. The van der Waals surface area contributed by atoms with E-state index in [1.54, 1.807) is 0 Å². The third-order valence-corrected chi connectivity index (χ3v) is 3.70. The van der Waals surface area contributed by atoms with Gasteiger partial charge in [-0.15, -0.1) is 0 Å². The third kappa shape index (κ3) is 3.68. The SMILES string of the molecule is C[C@H](NC(=O)C(N)c1ccccc1)c1ccc(Br)cc1. The van der Waals surface area contributed by atoms with Crippen LogP contribution in [0.1, 0.15) is 30.1 Å². The quantitative estimate of drug-likeness (QED) is 0.902. The molecule has 4 heteroatoms. The molecule has 0 spiro atoms. The molecule has 0 aromatic heterocycles. The topological polar surface area (TPSA) is 55.1 Å². The zero-order valence-corrected chi connectivity index (χ0v) is 12.8. The van der Waals surface area contributed by atoms with E-state index in [4.69, 9.17) is 5.73 Å². The van der Waals surface area contributed by atoms with Gasteiger partial charge in [0.05, 0.1) is 6.04 Å². The lowest BCUT2D eigenvalue weighted by Gasteiger charge is -2.18. The monoisotopic (exact) mass is 332 g/mol. The lowest BCUT2D eigenvalue weighted by atomic mass is 10.1. The number of carbonyl (C=O) groups is 1.